The number of hydrogen-bond donors (Lipinski definition) is 0. The van der Waals surface area contributed by atoms with Crippen LogP contribution in [0.5, 0.6) is 5.75 Å². The highest BCUT2D eigenvalue weighted by atomic mass is 32.2. The van der Waals surface area contributed by atoms with E-state index in [4.69, 9.17) is 9.47 Å². The summed E-state index contributed by atoms with van der Waals surface area (Å²) in [5, 5.41) is 0. The molecule has 0 N–H and O–H groups in total. The van der Waals surface area contributed by atoms with Crippen LogP contribution in [-0.2, 0) is 38.1 Å². The summed E-state index contributed by atoms with van der Waals surface area (Å²) in [6, 6.07) is 14.3. The van der Waals surface area contributed by atoms with Crippen molar-refractivity contribution in [2.45, 2.75) is 37.5 Å². The first-order valence-electron chi connectivity index (χ1n) is 9.98. The van der Waals surface area contributed by atoms with E-state index < -0.39 is 22.0 Å². The standard InChI is InChI=1S/C22H25NO5S/c24-22(28-13-10-17-8-9-21-19(15-17)11-14-27-21)20-7-4-12-23(20)29(25,26)16-18-5-2-1-3-6-18/h1-3,5-6,8-9,15,20H,4,7,10-14,16H2. The molecule has 154 valence electrons. The van der Waals surface area contributed by atoms with Crippen LogP contribution in [-0.4, -0.2) is 44.5 Å². The second kappa shape index (κ2) is 8.55. The molecule has 6 nitrogen and oxygen atoms in total. The van der Waals surface area contributed by atoms with Crippen molar-refractivity contribution in [2.24, 2.45) is 0 Å². The zero-order chi connectivity index (χ0) is 20.3. The van der Waals surface area contributed by atoms with Crippen LogP contribution in [0.3, 0.4) is 0 Å². The quantitative estimate of drug-likeness (QED) is 0.650. The van der Waals surface area contributed by atoms with Crippen LogP contribution in [0.2, 0.25) is 0 Å². The van der Waals surface area contributed by atoms with E-state index in [0.717, 1.165) is 17.7 Å². The Labute approximate surface area is 171 Å². The van der Waals surface area contributed by atoms with Crippen LogP contribution in [0.25, 0.3) is 0 Å². The molecule has 1 fully saturated rings. The van der Waals surface area contributed by atoms with Gasteiger partial charge < -0.3 is 9.47 Å². The minimum atomic E-state index is -3.57. The average Bonchev–Trinajstić information content (AvgIpc) is 3.38. The lowest BCUT2D eigenvalue weighted by Gasteiger charge is -2.22. The largest absolute Gasteiger partial charge is 0.493 e. The van der Waals surface area contributed by atoms with Crippen molar-refractivity contribution in [3.8, 4) is 5.75 Å². The van der Waals surface area contributed by atoms with Gasteiger partial charge in [-0.15, -0.1) is 0 Å². The molecule has 0 aromatic heterocycles. The van der Waals surface area contributed by atoms with Crippen LogP contribution < -0.4 is 4.74 Å². The third-order valence-corrected chi connectivity index (χ3v) is 7.26. The molecule has 4 rings (SSSR count). The lowest BCUT2D eigenvalue weighted by molar-refractivity contribution is -0.147. The molecule has 2 aliphatic heterocycles. The summed E-state index contributed by atoms with van der Waals surface area (Å²) in [6.45, 7) is 1.31. The van der Waals surface area contributed by atoms with Gasteiger partial charge in [-0.1, -0.05) is 42.5 Å². The van der Waals surface area contributed by atoms with Gasteiger partial charge >= 0.3 is 5.97 Å². The second-order valence-corrected chi connectivity index (χ2v) is 9.39. The van der Waals surface area contributed by atoms with Crippen LogP contribution >= 0.6 is 0 Å². The van der Waals surface area contributed by atoms with Crippen LogP contribution in [0, 0.1) is 0 Å². The molecule has 29 heavy (non-hydrogen) atoms. The zero-order valence-corrected chi connectivity index (χ0v) is 17.1. The second-order valence-electron chi connectivity index (χ2n) is 7.47. The number of sulfonamides is 1. The van der Waals surface area contributed by atoms with E-state index in [1.54, 1.807) is 12.1 Å². The normalized spacial score (nSPS) is 19.0. The monoisotopic (exact) mass is 415 g/mol. The molecule has 0 amide bonds. The summed E-state index contributed by atoms with van der Waals surface area (Å²) >= 11 is 0. The predicted octanol–water partition coefficient (Wildman–Crippen LogP) is 2.70. The molecule has 1 atom stereocenters. The van der Waals surface area contributed by atoms with Crippen molar-refractivity contribution in [1.82, 2.24) is 4.31 Å². The molecular formula is C22H25NO5S. The molecule has 2 aliphatic rings. The van der Waals surface area contributed by atoms with Gasteiger partial charge in [0.15, 0.2) is 0 Å². The molecule has 1 unspecified atom stereocenters. The van der Waals surface area contributed by atoms with Gasteiger partial charge in [-0.3, -0.25) is 4.79 Å². The molecule has 7 heteroatoms. The van der Waals surface area contributed by atoms with Gasteiger partial charge in [-0.25, -0.2) is 8.42 Å². The molecule has 0 bridgehead atoms. The van der Waals surface area contributed by atoms with Crippen molar-refractivity contribution in [1.29, 1.82) is 0 Å². The van der Waals surface area contributed by atoms with Crippen molar-refractivity contribution < 1.29 is 22.7 Å². The summed E-state index contributed by atoms with van der Waals surface area (Å²) in [5.41, 5.74) is 2.98. The highest BCUT2D eigenvalue weighted by Crippen LogP contribution is 2.27. The first-order chi connectivity index (χ1) is 14.0. The van der Waals surface area contributed by atoms with E-state index in [1.165, 1.54) is 9.87 Å². The summed E-state index contributed by atoms with van der Waals surface area (Å²) < 4.78 is 37.9. The smallest absolute Gasteiger partial charge is 0.324 e. The third kappa shape index (κ3) is 4.62. The maximum Gasteiger partial charge on any atom is 0.324 e. The highest BCUT2D eigenvalue weighted by Gasteiger charge is 2.39. The number of hydrogen-bond acceptors (Lipinski definition) is 5. The zero-order valence-electron chi connectivity index (χ0n) is 16.2. The van der Waals surface area contributed by atoms with Gasteiger partial charge in [0, 0.05) is 19.4 Å². The molecule has 1 saturated heterocycles. The van der Waals surface area contributed by atoms with Crippen molar-refractivity contribution in [3.05, 3.63) is 65.2 Å². The summed E-state index contributed by atoms with van der Waals surface area (Å²) in [7, 11) is -3.57. The Bertz CT molecular complexity index is 974. The van der Waals surface area contributed by atoms with Crippen LogP contribution in [0.4, 0.5) is 0 Å². The Morgan fingerprint density at radius 2 is 1.97 bits per heavy atom. The molecule has 2 aromatic rings. The molecule has 0 radical (unpaired) electrons. The topological polar surface area (TPSA) is 72.9 Å². The Kier molecular flexibility index (Phi) is 5.87. The fraction of sp³-hybridized carbons (Fsp3) is 0.409. The van der Waals surface area contributed by atoms with Gasteiger partial charge in [0.2, 0.25) is 10.0 Å². The number of nitrogens with zero attached hydrogens (tertiary/aromatic N) is 1. The first kappa shape index (κ1) is 19.9. The number of ether oxygens (including phenoxy) is 2. The summed E-state index contributed by atoms with van der Waals surface area (Å²) in [5.74, 6) is 0.369. The number of esters is 1. The number of benzene rings is 2. The fourth-order valence-electron chi connectivity index (χ4n) is 3.94. The minimum Gasteiger partial charge on any atom is -0.493 e. The van der Waals surface area contributed by atoms with E-state index >= 15 is 0 Å². The maximum atomic E-state index is 12.8. The number of carbonyl (C=O) groups excluding carboxylic acids is 1. The molecular weight excluding hydrogens is 390 g/mol. The van der Waals surface area contributed by atoms with Crippen molar-refractivity contribution in [3.63, 3.8) is 0 Å². The maximum absolute atomic E-state index is 12.8. The number of carbonyl (C=O) groups is 1. The van der Waals surface area contributed by atoms with Crippen molar-refractivity contribution in [2.75, 3.05) is 19.8 Å². The number of fused-ring (bicyclic) bond motifs is 1. The fourth-order valence-corrected chi connectivity index (χ4v) is 5.70. The lowest BCUT2D eigenvalue weighted by Crippen LogP contribution is -2.42. The van der Waals surface area contributed by atoms with Gasteiger partial charge in [-0.05, 0) is 35.6 Å². The van der Waals surface area contributed by atoms with Gasteiger partial charge in [0.1, 0.15) is 11.8 Å². The summed E-state index contributed by atoms with van der Waals surface area (Å²) in [6.07, 6.45) is 2.67. The van der Waals surface area contributed by atoms with Gasteiger partial charge in [-0.2, -0.15) is 4.31 Å². The average molecular weight is 416 g/mol. The summed E-state index contributed by atoms with van der Waals surface area (Å²) in [4.78, 5) is 12.6. The Morgan fingerprint density at radius 1 is 1.14 bits per heavy atom. The lowest BCUT2D eigenvalue weighted by atomic mass is 10.1. The van der Waals surface area contributed by atoms with Gasteiger partial charge in [0.25, 0.3) is 0 Å². The van der Waals surface area contributed by atoms with E-state index in [0.29, 0.717) is 38.0 Å². The molecule has 2 heterocycles. The molecule has 0 aliphatic carbocycles. The SMILES string of the molecule is O=C(OCCc1ccc2c(c1)CCO2)C1CCCN1S(=O)(=O)Cc1ccccc1. The van der Waals surface area contributed by atoms with Crippen LogP contribution in [0.1, 0.15) is 29.5 Å². The van der Waals surface area contributed by atoms with E-state index in [-0.39, 0.29) is 12.4 Å². The van der Waals surface area contributed by atoms with Gasteiger partial charge in [0.05, 0.1) is 19.0 Å². The Balaban J connectivity index is 1.34. The predicted molar refractivity (Wildman–Crippen MR) is 109 cm³/mol. The Hall–Kier alpha value is -2.38. The van der Waals surface area contributed by atoms with E-state index in [9.17, 15) is 13.2 Å². The minimum absolute atomic E-state index is 0.102. The number of rotatable bonds is 7. The first-order valence-corrected chi connectivity index (χ1v) is 11.6. The highest BCUT2D eigenvalue weighted by molar-refractivity contribution is 7.88. The third-order valence-electron chi connectivity index (χ3n) is 5.41. The Morgan fingerprint density at radius 3 is 2.79 bits per heavy atom. The molecule has 0 saturated carbocycles. The molecule has 0 spiro atoms. The van der Waals surface area contributed by atoms with Crippen molar-refractivity contribution >= 4 is 16.0 Å². The van der Waals surface area contributed by atoms with Crippen LogP contribution in [0.15, 0.2) is 48.5 Å². The van der Waals surface area contributed by atoms with E-state index in [2.05, 4.69) is 6.07 Å². The molecule has 2 aromatic carbocycles. The van der Waals surface area contributed by atoms with E-state index in [1.807, 2.05) is 30.3 Å².